The summed E-state index contributed by atoms with van der Waals surface area (Å²) in [7, 11) is 0. The average Bonchev–Trinajstić information content (AvgIpc) is 3.22. The number of allylic oxidation sites excluding steroid dienone is 2. The molecule has 1 aliphatic heterocycles. The predicted octanol–water partition coefficient (Wildman–Crippen LogP) is 6.31. The number of halogens is 1. The molecule has 1 N–H and O–H groups in total. The van der Waals surface area contributed by atoms with Gasteiger partial charge in [0.25, 0.3) is 0 Å². The van der Waals surface area contributed by atoms with Gasteiger partial charge >= 0.3 is 5.97 Å². The number of amidine groups is 1. The summed E-state index contributed by atoms with van der Waals surface area (Å²) in [5, 5.41) is 20.1. The Kier molecular flexibility index (Phi) is 6.53. The van der Waals surface area contributed by atoms with Crippen LogP contribution in [0.3, 0.4) is 0 Å². The van der Waals surface area contributed by atoms with Crippen molar-refractivity contribution in [3.05, 3.63) is 62.9 Å². The number of nitriles is 1. The van der Waals surface area contributed by atoms with Crippen LogP contribution in [-0.4, -0.2) is 24.2 Å². The standard InChI is InChI=1S/C29H30FN3O3S/c1-4-36-28(35)24-18-7-5-6-8-22(18)37-27(24)33-20-13-29(2,3)14-21(34)25(20)23(19(15-31)26(33)32)16-9-11-17(30)12-10-16/h9-12,19,23,32H,4-8,13-14H2,1-3H3. The Bertz CT molecular complexity index is 1370. The monoisotopic (exact) mass is 519 g/mol. The number of carbonyl (C=O) groups excluding carboxylic acids is 2. The molecule has 6 nitrogen and oxygen atoms in total. The van der Waals surface area contributed by atoms with Crippen molar-refractivity contribution in [2.75, 3.05) is 11.5 Å². The van der Waals surface area contributed by atoms with Crippen molar-refractivity contribution in [3.63, 3.8) is 0 Å². The summed E-state index contributed by atoms with van der Waals surface area (Å²) >= 11 is 1.47. The van der Waals surface area contributed by atoms with Gasteiger partial charge in [0.05, 0.1) is 18.2 Å². The maximum atomic E-state index is 13.8. The maximum absolute atomic E-state index is 13.8. The summed E-state index contributed by atoms with van der Waals surface area (Å²) in [4.78, 5) is 29.8. The summed E-state index contributed by atoms with van der Waals surface area (Å²) in [6.45, 7) is 6.03. The number of ether oxygens (including phenoxy) is 1. The minimum atomic E-state index is -0.969. The molecule has 1 aromatic heterocycles. The minimum absolute atomic E-state index is 0.0326. The summed E-state index contributed by atoms with van der Waals surface area (Å²) in [5.41, 5.74) is 2.86. The molecular weight excluding hydrogens is 489 g/mol. The molecule has 192 valence electrons. The van der Waals surface area contributed by atoms with Gasteiger partial charge in [-0.3, -0.25) is 15.1 Å². The van der Waals surface area contributed by atoms with Gasteiger partial charge in [-0.2, -0.15) is 5.26 Å². The van der Waals surface area contributed by atoms with Crippen LogP contribution in [0.1, 0.15) is 78.7 Å². The zero-order valence-electron chi connectivity index (χ0n) is 21.3. The number of benzene rings is 1. The number of thiophene rings is 1. The number of hydrogen-bond donors (Lipinski definition) is 1. The number of nitrogens with zero attached hydrogens (tertiary/aromatic N) is 2. The highest BCUT2D eigenvalue weighted by molar-refractivity contribution is 7.17. The Balaban J connectivity index is 1.78. The van der Waals surface area contributed by atoms with E-state index in [1.165, 1.54) is 23.5 Å². The molecule has 5 rings (SSSR count). The third-order valence-electron chi connectivity index (χ3n) is 7.55. The Morgan fingerprint density at radius 3 is 2.62 bits per heavy atom. The zero-order valence-corrected chi connectivity index (χ0v) is 22.1. The fourth-order valence-electron chi connectivity index (χ4n) is 5.98. The number of fused-ring (bicyclic) bond motifs is 1. The van der Waals surface area contributed by atoms with Gasteiger partial charge in [-0.15, -0.1) is 11.3 Å². The van der Waals surface area contributed by atoms with Gasteiger partial charge in [0, 0.05) is 28.5 Å². The van der Waals surface area contributed by atoms with Crippen molar-refractivity contribution < 1.29 is 18.7 Å². The largest absolute Gasteiger partial charge is 0.462 e. The lowest BCUT2D eigenvalue weighted by molar-refractivity contribution is -0.118. The Labute approximate surface area is 220 Å². The van der Waals surface area contributed by atoms with Gasteiger partial charge in [0.1, 0.15) is 22.6 Å². The molecule has 2 atom stereocenters. The molecule has 0 spiro atoms. The summed E-state index contributed by atoms with van der Waals surface area (Å²) < 4.78 is 19.2. The Morgan fingerprint density at radius 2 is 1.95 bits per heavy atom. The number of ketones is 1. The second-order valence-electron chi connectivity index (χ2n) is 10.8. The quantitative estimate of drug-likeness (QED) is 0.478. The van der Waals surface area contributed by atoms with Crippen molar-refractivity contribution in [1.82, 2.24) is 0 Å². The molecule has 0 fully saturated rings. The summed E-state index contributed by atoms with van der Waals surface area (Å²) in [6, 6.07) is 8.11. The smallest absolute Gasteiger partial charge is 0.341 e. The number of rotatable bonds is 4. The molecule has 2 unspecified atom stereocenters. The van der Waals surface area contributed by atoms with Crippen LogP contribution in [0.4, 0.5) is 9.39 Å². The fraction of sp³-hybridized carbons (Fsp3) is 0.448. The molecule has 0 saturated heterocycles. The molecule has 1 aromatic carbocycles. The first kappa shape index (κ1) is 25.3. The van der Waals surface area contributed by atoms with E-state index < -0.39 is 23.6 Å². The van der Waals surface area contributed by atoms with Crippen LogP contribution in [0.15, 0.2) is 35.5 Å². The van der Waals surface area contributed by atoms with E-state index in [4.69, 9.17) is 4.74 Å². The van der Waals surface area contributed by atoms with Crippen molar-refractivity contribution in [2.45, 2.75) is 65.2 Å². The van der Waals surface area contributed by atoms with Crippen LogP contribution in [0.5, 0.6) is 0 Å². The number of hydrogen-bond acceptors (Lipinski definition) is 6. The average molecular weight is 520 g/mol. The SMILES string of the molecule is CCOC(=O)c1c(N2C(=N)C(C#N)C(c3ccc(F)cc3)C3=C2CC(C)(C)CC3=O)sc2c1CCCC2. The first-order valence-electron chi connectivity index (χ1n) is 12.8. The molecule has 3 aliphatic rings. The lowest BCUT2D eigenvalue weighted by Crippen LogP contribution is -2.48. The van der Waals surface area contributed by atoms with Gasteiger partial charge < -0.3 is 4.74 Å². The molecule has 0 saturated carbocycles. The van der Waals surface area contributed by atoms with E-state index in [0.717, 1.165) is 36.1 Å². The van der Waals surface area contributed by atoms with Crippen molar-refractivity contribution in [3.8, 4) is 6.07 Å². The number of carbonyl (C=O) groups is 2. The summed E-state index contributed by atoms with van der Waals surface area (Å²) in [5.74, 6) is -2.51. The van der Waals surface area contributed by atoms with Crippen LogP contribution in [0.2, 0.25) is 0 Å². The highest BCUT2D eigenvalue weighted by atomic mass is 32.1. The number of Topliss-reactive ketones (excluding diaryl/α,β-unsaturated/α-hetero) is 1. The van der Waals surface area contributed by atoms with E-state index in [-0.39, 0.29) is 23.6 Å². The van der Waals surface area contributed by atoms with E-state index in [9.17, 15) is 24.7 Å². The van der Waals surface area contributed by atoms with Gasteiger partial charge in [-0.1, -0.05) is 26.0 Å². The van der Waals surface area contributed by atoms with Gasteiger partial charge in [-0.25, -0.2) is 9.18 Å². The third kappa shape index (κ3) is 4.29. The van der Waals surface area contributed by atoms with Crippen molar-refractivity contribution in [1.29, 1.82) is 10.7 Å². The van der Waals surface area contributed by atoms with E-state index in [1.54, 1.807) is 24.0 Å². The Morgan fingerprint density at radius 1 is 1.24 bits per heavy atom. The lowest BCUT2D eigenvalue weighted by atomic mass is 9.66. The molecule has 2 aromatic rings. The lowest BCUT2D eigenvalue weighted by Gasteiger charge is -2.45. The molecule has 37 heavy (non-hydrogen) atoms. The van der Waals surface area contributed by atoms with Crippen LogP contribution in [-0.2, 0) is 22.4 Å². The van der Waals surface area contributed by atoms with Gasteiger partial charge in [0.2, 0.25) is 0 Å². The summed E-state index contributed by atoms with van der Waals surface area (Å²) in [6.07, 6.45) is 4.44. The predicted molar refractivity (Wildman–Crippen MR) is 140 cm³/mol. The topological polar surface area (TPSA) is 94.2 Å². The number of aryl methyl sites for hydroxylation is 1. The van der Waals surface area contributed by atoms with Gasteiger partial charge in [0.15, 0.2) is 5.78 Å². The Hall–Kier alpha value is -3.31. The zero-order chi connectivity index (χ0) is 26.5. The minimum Gasteiger partial charge on any atom is -0.462 e. The molecule has 8 heteroatoms. The number of esters is 1. The van der Waals surface area contributed by atoms with E-state index >= 15 is 0 Å². The molecule has 0 amide bonds. The van der Waals surface area contributed by atoms with Crippen molar-refractivity contribution >= 4 is 33.9 Å². The normalized spacial score (nSPS) is 22.8. The van der Waals surface area contributed by atoms with E-state index in [0.29, 0.717) is 40.2 Å². The fourth-order valence-corrected chi connectivity index (χ4v) is 7.40. The molecule has 0 bridgehead atoms. The molecular formula is C29H30FN3O3S. The number of nitrogens with one attached hydrogen (secondary N) is 1. The highest BCUT2D eigenvalue weighted by Crippen LogP contribution is 2.52. The first-order chi connectivity index (χ1) is 17.7. The van der Waals surface area contributed by atoms with Crippen LogP contribution < -0.4 is 4.90 Å². The van der Waals surface area contributed by atoms with E-state index in [2.05, 4.69) is 6.07 Å². The molecule has 2 aliphatic carbocycles. The maximum Gasteiger partial charge on any atom is 0.341 e. The second-order valence-corrected chi connectivity index (χ2v) is 11.9. The van der Waals surface area contributed by atoms with Crippen LogP contribution in [0.25, 0.3) is 0 Å². The van der Waals surface area contributed by atoms with Gasteiger partial charge in [-0.05, 0) is 67.7 Å². The van der Waals surface area contributed by atoms with Crippen LogP contribution >= 0.6 is 11.3 Å². The molecule has 0 radical (unpaired) electrons. The second kappa shape index (κ2) is 9.53. The third-order valence-corrected chi connectivity index (χ3v) is 8.83. The molecule has 2 heterocycles. The van der Waals surface area contributed by atoms with Crippen molar-refractivity contribution in [2.24, 2.45) is 11.3 Å². The highest BCUT2D eigenvalue weighted by Gasteiger charge is 2.49. The number of anilines is 1. The van der Waals surface area contributed by atoms with E-state index in [1.807, 2.05) is 13.8 Å². The van der Waals surface area contributed by atoms with Crippen LogP contribution in [0, 0.1) is 33.9 Å². The first-order valence-corrected chi connectivity index (χ1v) is 13.6.